The Bertz CT molecular complexity index is 386. The SMILES string of the molecule is COc1ccc(CCC(=O)CC(C)C)c(F)c1. The highest BCUT2D eigenvalue weighted by atomic mass is 19.1. The van der Waals surface area contributed by atoms with Crippen LogP contribution in [-0.2, 0) is 11.2 Å². The third kappa shape index (κ3) is 4.55. The lowest BCUT2D eigenvalue weighted by molar-refractivity contribution is -0.119. The molecule has 0 saturated heterocycles. The molecule has 0 aliphatic rings. The van der Waals surface area contributed by atoms with Crippen molar-refractivity contribution in [2.75, 3.05) is 7.11 Å². The fourth-order valence-corrected chi connectivity index (χ4v) is 1.69. The molecular formula is C14H19FO2. The number of ketones is 1. The molecule has 1 aromatic rings. The number of methoxy groups -OCH3 is 1. The molecule has 0 saturated carbocycles. The lowest BCUT2D eigenvalue weighted by Crippen LogP contribution is -2.05. The van der Waals surface area contributed by atoms with Crippen molar-refractivity contribution in [2.24, 2.45) is 5.92 Å². The first-order chi connectivity index (χ1) is 8.02. The van der Waals surface area contributed by atoms with Crippen molar-refractivity contribution in [3.05, 3.63) is 29.6 Å². The van der Waals surface area contributed by atoms with Gasteiger partial charge in [0.15, 0.2) is 0 Å². The highest BCUT2D eigenvalue weighted by Crippen LogP contribution is 2.18. The first-order valence-corrected chi connectivity index (χ1v) is 5.87. The van der Waals surface area contributed by atoms with Crippen LogP contribution in [0.4, 0.5) is 4.39 Å². The molecule has 0 N–H and O–H groups in total. The molecule has 1 rings (SSSR count). The number of hydrogen-bond acceptors (Lipinski definition) is 2. The molecule has 3 heteroatoms. The van der Waals surface area contributed by atoms with E-state index in [2.05, 4.69) is 0 Å². The average Bonchev–Trinajstić information content (AvgIpc) is 2.26. The van der Waals surface area contributed by atoms with Gasteiger partial charge in [0.25, 0.3) is 0 Å². The first kappa shape index (κ1) is 13.7. The second-order valence-corrected chi connectivity index (χ2v) is 4.59. The number of benzene rings is 1. The maximum atomic E-state index is 13.6. The van der Waals surface area contributed by atoms with Crippen LogP contribution in [0.25, 0.3) is 0 Å². The fourth-order valence-electron chi connectivity index (χ4n) is 1.69. The van der Waals surface area contributed by atoms with Gasteiger partial charge in [0.1, 0.15) is 17.3 Å². The zero-order chi connectivity index (χ0) is 12.8. The maximum Gasteiger partial charge on any atom is 0.133 e. The summed E-state index contributed by atoms with van der Waals surface area (Å²) in [5.41, 5.74) is 0.572. The second kappa shape index (κ2) is 6.38. The summed E-state index contributed by atoms with van der Waals surface area (Å²) < 4.78 is 18.5. The van der Waals surface area contributed by atoms with E-state index in [1.807, 2.05) is 13.8 Å². The van der Waals surface area contributed by atoms with Gasteiger partial charge in [-0.1, -0.05) is 19.9 Å². The Morgan fingerprint density at radius 1 is 1.41 bits per heavy atom. The van der Waals surface area contributed by atoms with Crippen molar-refractivity contribution >= 4 is 5.78 Å². The van der Waals surface area contributed by atoms with Gasteiger partial charge in [-0.3, -0.25) is 4.79 Å². The van der Waals surface area contributed by atoms with Gasteiger partial charge >= 0.3 is 0 Å². The number of rotatable bonds is 6. The normalized spacial score (nSPS) is 10.6. The van der Waals surface area contributed by atoms with Crippen LogP contribution in [0.3, 0.4) is 0 Å². The standard InChI is InChI=1S/C14H19FO2/c1-10(2)8-12(16)6-4-11-5-7-13(17-3)9-14(11)15/h5,7,9-10H,4,6,8H2,1-3H3. The molecule has 94 valence electrons. The average molecular weight is 238 g/mol. The van der Waals surface area contributed by atoms with E-state index in [9.17, 15) is 9.18 Å². The number of hydrogen-bond donors (Lipinski definition) is 0. The Balaban J connectivity index is 2.55. The minimum absolute atomic E-state index is 0.190. The van der Waals surface area contributed by atoms with Crippen molar-refractivity contribution < 1.29 is 13.9 Å². The van der Waals surface area contributed by atoms with Crippen LogP contribution >= 0.6 is 0 Å². The number of ether oxygens (including phenoxy) is 1. The summed E-state index contributed by atoms with van der Waals surface area (Å²) in [5.74, 6) is 0.750. The quantitative estimate of drug-likeness (QED) is 0.759. The summed E-state index contributed by atoms with van der Waals surface area (Å²) in [4.78, 5) is 11.5. The molecule has 2 nitrogen and oxygen atoms in total. The molecule has 0 atom stereocenters. The van der Waals surface area contributed by atoms with Gasteiger partial charge in [0, 0.05) is 18.9 Å². The molecule has 0 aliphatic heterocycles. The Morgan fingerprint density at radius 3 is 2.65 bits per heavy atom. The Hall–Kier alpha value is -1.38. The molecule has 1 aromatic carbocycles. The minimum atomic E-state index is -0.304. The van der Waals surface area contributed by atoms with Crippen LogP contribution < -0.4 is 4.74 Å². The van der Waals surface area contributed by atoms with Gasteiger partial charge in [0.2, 0.25) is 0 Å². The van der Waals surface area contributed by atoms with E-state index in [4.69, 9.17) is 4.74 Å². The predicted octanol–water partition coefficient (Wildman–Crippen LogP) is 3.38. The molecule has 0 bridgehead atoms. The number of aryl methyl sites for hydroxylation is 1. The number of carbonyl (C=O) groups excluding carboxylic acids is 1. The summed E-state index contributed by atoms with van der Waals surface area (Å²) in [6.45, 7) is 4.01. The van der Waals surface area contributed by atoms with Crippen molar-refractivity contribution in [3.63, 3.8) is 0 Å². The molecule has 17 heavy (non-hydrogen) atoms. The van der Waals surface area contributed by atoms with E-state index in [1.54, 1.807) is 12.1 Å². The van der Waals surface area contributed by atoms with Crippen LogP contribution in [0.2, 0.25) is 0 Å². The lowest BCUT2D eigenvalue weighted by Gasteiger charge is -2.06. The summed E-state index contributed by atoms with van der Waals surface area (Å²) in [7, 11) is 1.50. The first-order valence-electron chi connectivity index (χ1n) is 5.87. The van der Waals surface area contributed by atoms with E-state index < -0.39 is 0 Å². The summed E-state index contributed by atoms with van der Waals surface area (Å²) in [6, 6.07) is 4.74. The van der Waals surface area contributed by atoms with Crippen molar-refractivity contribution in [1.29, 1.82) is 0 Å². The minimum Gasteiger partial charge on any atom is -0.497 e. The topological polar surface area (TPSA) is 26.3 Å². The summed E-state index contributed by atoms with van der Waals surface area (Å²) >= 11 is 0. The summed E-state index contributed by atoms with van der Waals surface area (Å²) in [5, 5.41) is 0. The van der Waals surface area contributed by atoms with Gasteiger partial charge in [-0.25, -0.2) is 4.39 Å². The van der Waals surface area contributed by atoms with E-state index in [0.717, 1.165) is 0 Å². The third-order valence-corrected chi connectivity index (χ3v) is 2.57. The van der Waals surface area contributed by atoms with E-state index >= 15 is 0 Å². The van der Waals surface area contributed by atoms with Crippen molar-refractivity contribution in [1.82, 2.24) is 0 Å². The lowest BCUT2D eigenvalue weighted by atomic mass is 10.0. The molecule has 0 unspecified atom stereocenters. The zero-order valence-corrected chi connectivity index (χ0v) is 10.6. The maximum absolute atomic E-state index is 13.6. The Labute approximate surface area is 102 Å². The van der Waals surface area contributed by atoms with Gasteiger partial charge < -0.3 is 4.74 Å². The van der Waals surface area contributed by atoms with Crippen LogP contribution in [0.1, 0.15) is 32.3 Å². The van der Waals surface area contributed by atoms with E-state index in [1.165, 1.54) is 13.2 Å². The fraction of sp³-hybridized carbons (Fsp3) is 0.500. The van der Waals surface area contributed by atoms with Gasteiger partial charge in [0.05, 0.1) is 7.11 Å². The Kier molecular flexibility index (Phi) is 5.13. The highest BCUT2D eigenvalue weighted by Gasteiger charge is 2.08. The monoisotopic (exact) mass is 238 g/mol. The van der Waals surface area contributed by atoms with Crippen LogP contribution in [-0.4, -0.2) is 12.9 Å². The summed E-state index contributed by atoms with van der Waals surface area (Å²) in [6.07, 6.45) is 1.43. The van der Waals surface area contributed by atoms with E-state index in [-0.39, 0.29) is 11.6 Å². The zero-order valence-electron chi connectivity index (χ0n) is 10.6. The molecular weight excluding hydrogens is 219 g/mol. The largest absolute Gasteiger partial charge is 0.497 e. The van der Waals surface area contributed by atoms with Crippen LogP contribution in [0, 0.1) is 11.7 Å². The number of Topliss-reactive ketones (excluding diaryl/α,β-unsaturated/α-hetero) is 1. The molecule has 0 amide bonds. The molecule has 0 aliphatic carbocycles. The van der Waals surface area contributed by atoms with E-state index in [0.29, 0.717) is 36.5 Å². The number of halogens is 1. The van der Waals surface area contributed by atoms with Gasteiger partial charge in [-0.05, 0) is 24.0 Å². The van der Waals surface area contributed by atoms with Gasteiger partial charge in [-0.2, -0.15) is 0 Å². The van der Waals surface area contributed by atoms with Crippen LogP contribution in [0.5, 0.6) is 5.75 Å². The number of carbonyl (C=O) groups is 1. The Morgan fingerprint density at radius 2 is 2.12 bits per heavy atom. The molecule has 0 aromatic heterocycles. The van der Waals surface area contributed by atoms with Gasteiger partial charge in [-0.15, -0.1) is 0 Å². The van der Waals surface area contributed by atoms with Crippen LogP contribution in [0.15, 0.2) is 18.2 Å². The third-order valence-electron chi connectivity index (χ3n) is 2.57. The molecule has 0 heterocycles. The highest BCUT2D eigenvalue weighted by molar-refractivity contribution is 5.78. The predicted molar refractivity (Wildman–Crippen MR) is 65.7 cm³/mol. The molecule has 0 fully saturated rings. The van der Waals surface area contributed by atoms with Crippen molar-refractivity contribution in [3.8, 4) is 5.75 Å². The smallest absolute Gasteiger partial charge is 0.133 e. The van der Waals surface area contributed by atoms with Crippen molar-refractivity contribution in [2.45, 2.75) is 33.1 Å². The molecule has 0 radical (unpaired) electrons. The molecule has 0 spiro atoms. The second-order valence-electron chi connectivity index (χ2n) is 4.59.